The summed E-state index contributed by atoms with van der Waals surface area (Å²) in [5, 5.41) is 2.32. The maximum atomic E-state index is 11.2. The zero-order valence-electron chi connectivity index (χ0n) is 8.87. The SMILES string of the molecule is CC(C)(C)OC(=O)NC(CI)C(=O)C=O. The third-order valence-corrected chi connectivity index (χ3v) is 2.19. The van der Waals surface area contributed by atoms with Gasteiger partial charge in [-0.1, -0.05) is 22.6 Å². The zero-order valence-corrected chi connectivity index (χ0v) is 11.0. The number of rotatable bonds is 4. The molecule has 1 unspecified atom stereocenters. The van der Waals surface area contributed by atoms with Crippen molar-refractivity contribution in [2.75, 3.05) is 4.43 Å². The van der Waals surface area contributed by atoms with E-state index in [9.17, 15) is 14.4 Å². The number of aldehydes is 1. The van der Waals surface area contributed by atoms with Crippen LogP contribution in [0.3, 0.4) is 0 Å². The van der Waals surface area contributed by atoms with E-state index in [4.69, 9.17) is 4.74 Å². The van der Waals surface area contributed by atoms with Crippen LogP contribution >= 0.6 is 22.6 Å². The Kier molecular flexibility index (Phi) is 5.77. The molecule has 0 saturated heterocycles. The Labute approximate surface area is 102 Å². The first-order valence-electron chi connectivity index (χ1n) is 4.34. The summed E-state index contributed by atoms with van der Waals surface area (Å²) in [5.41, 5.74) is -0.621. The average Bonchev–Trinajstić information content (AvgIpc) is 2.10. The van der Waals surface area contributed by atoms with Crippen molar-refractivity contribution >= 4 is 40.8 Å². The summed E-state index contributed by atoms with van der Waals surface area (Å²) >= 11 is 1.91. The molecule has 0 saturated carbocycles. The van der Waals surface area contributed by atoms with E-state index in [-0.39, 0.29) is 6.29 Å². The van der Waals surface area contributed by atoms with Gasteiger partial charge in [-0.05, 0) is 20.8 Å². The molecule has 0 aliphatic rings. The summed E-state index contributed by atoms with van der Waals surface area (Å²) in [5.74, 6) is -0.657. The first-order chi connectivity index (χ1) is 6.80. The number of alkyl carbamates (subject to hydrolysis) is 1. The molecule has 15 heavy (non-hydrogen) atoms. The molecule has 1 atom stereocenters. The van der Waals surface area contributed by atoms with Crippen LogP contribution < -0.4 is 5.32 Å². The molecule has 6 heteroatoms. The maximum absolute atomic E-state index is 11.2. The van der Waals surface area contributed by atoms with Crippen LogP contribution in [0.25, 0.3) is 0 Å². The number of nitrogens with one attached hydrogen (secondary N) is 1. The predicted octanol–water partition coefficient (Wildman–Crippen LogP) is 1.08. The Morgan fingerprint density at radius 1 is 1.47 bits per heavy atom. The number of alkyl halides is 1. The largest absolute Gasteiger partial charge is 0.444 e. The number of hydrogen-bond acceptors (Lipinski definition) is 4. The molecule has 0 rings (SSSR count). The van der Waals surface area contributed by atoms with Crippen molar-refractivity contribution in [2.45, 2.75) is 32.4 Å². The van der Waals surface area contributed by atoms with Gasteiger partial charge in [0.1, 0.15) is 11.6 Å². The summed E-state index contributed by atoms with van der Waals surface area (Å²) in [6.07, 6.45) is -0.500. The van der Waals surface area contributed by atoms with Crippen molar-refractivity contribution in [3.05, 3.63) is 0 Å². The van der Waals surface area contributed by atoms with Gasteiger partial charge in [-0.2, -0.15) is 0 Å². The van der Waals surface area contributed by atoms with Gasteiger partial charge in [0, 0.05) is 4.43 Å². The minimum Gasteiger partial charge on any atom is -0.444 e. The van der Waals surface area contributed by atoms with E-state index < -0.39 is 23.5 Å². The molecule has 1 amide bonds. The summed E-state index contributed by atoms with van der Waals surface area (Å²) in [4.78, 5) is 32.5. The zero-order chi connectivity index (χ0) is 12.1. The standard InChI is InChI=1S/C9H14INO4/c1-9(2,3)15-8(14)11-6(4-10)7(13)5-12/h5-6H,4H2,1-3H3,(H,11,14). The Bertz CT molecular complexity index is 259. The van der Waals surface area contributed by atoms with E-state index in [0.29, 0.717) is 4.43 Å². The molecule has 1 N–H and O–H groups in total. The van der Waals surface area contributed by atoms with E-state index in [1.165, 1.54) is 0 Å². The minimum absolute atomic E-state index is 0.195. The van der Waals surface area contributed by atoms with Crippen LogP contribution in [-0.4, -0.2) is 34.2 Å². The third-order valence-electron chi connectivity index (χ3n) is 1.30. The van der Waals surface area contributed by atoms with Crippen LogP contribution in [-0.2, 0) is 14.3 Å². The molecular formula is C9H14INO4. The second-order valence-electron chi connectivity index (χ2n) is 3.87. The predicted molar refractivity (Wildman–Crippen MR) is 63.1 cm³/mol. The molecule has 0 heterocycles. The Morgan fingerprint density at radius 3 is 2.33 bits per heavy atom. The van der Waals surface area contributed by atoms with Crippen molar-refractivity contribution in [3.8, 4) is 0 Å². The van der Waals surface area contributed by atoms with Gasteiger partial charge < -0.3 is 10.1 Å². The highest BCUT2D eigenvalue weighted by Crippen LogP contribution is 2.07. The van der Waals surface area contributed by atoms with Gasteiger partial charge in [0.15, 0.2) is 6.29 Å². The number of halogens is 1. The monoisotopic (exact) mass is 327 g/mol. The Balaban J connectivity index is 4.25. The Hall–Kier alpha value is -0.660. The second kappa shape index (κ2) is 6.04. The van der Waals surface area contributed by atoms with E-state index in [0.717, 1.165) is 0 Å². The fourth-order valence-electron chi connectivity index (χ4n) is 0.718. The number of Topliss-reactive ketones (excluding diaryl/α,β-unsaturated/α-hetero) is 1. The molecule has 0 aromatic carbocycles. The number of ether oxygens (including phenoxy) is 1. The van der Waals surface area contributed by atoms with Crippen LogP contribution in [0.5, 0.6) is 0 Å². The van der Waals surface area contributed by atoms with E-state index in [2.05, 4.69) is 5.32 Å². The highest BCUT2D eigenvalue weighted by molar-refractivity contribution is 14.1. The number of hydrogen-bond donors (Lipinski definition) is 1. The summed E-state index contributed by atoms with van der Waals surface area (Å²) in [6, 6.07) is -0.807. The van der Waals surface area contributed by atoms with Crippen molar-refractivity contribution in [3.63, 3.8) is 0 Å². The Morgan fingerprint density at radius 2 is 2.00 bits per heavy atom. The summed E-state index contributed by atoms with van der Waals surface area (Å²) < 4.78 is 5.27. The fraction of sp³-hybridized carbons (Fsp3) is 0.667. The van der Waals surface area contributed by atoms with Gasteiger partial charge in [-0.25, -0.2) is 4.79 Å². The van der Waals surface area contributed by atoms with Gasteiger partial charge in [0.25, 0.3) is 0 Å². The van der Waals surface area contributed by atoms with Gasteiger partial charge in [0.05, 0.1) is 0 Å². The molecule has 0 fully saturated rings. The van der Waals surface area contributed by atoms with Crippen molar-refractivity contribution in [1.29, 1.82) is 0 Å². The maximum Gasteiger partial charge on any atom is 0.408 e. The second-order valence-corrected chi connectivity index (χ2v) is 4.75. The summed E-state index contributed by atoms with van der Waals surface area (Å²) in [6.45, 7) is 5.15. The fourth-order valence-corrected chi connectivity index (χ4v) is 1.37. The highest BCUT2D eigenvalue weighted by Gasteiger charge is 2.22. The smallest absolute Gasteiger partial charge is 0.408 e. The normalized spacial score (nSPS) is 12.8. The topological polar surface area (TPSA) is 72.5 Å². The molecule has 86 valence electrons. The van der Waals surface area contributed by atoms with E-state index in [1.54, 1.807) is 20.8 Å². The highest BCUT2D eigenvalue weighted by atomic mass is 127. The number of ketones is 1. The average molecular weight is 327 g/mol. The third kappa shape index (κ3) is 6.43. The lowest BCUT2D eigenvalue weighted by atomic mass is 10.2. The van der Waals surface area contributed by atoms with Crippen LogP contribution in [0, 0.1) is 0 Å². The number of carbonyl (C=O) groups excluding carboxylic acids is 3. The van der Waals surface area contributed by atoms with Crippen molar-refractivity contribution in [2.24, 2.45) is 0 Å². The lowest BCUT2D eigenvalue weighted by Crippen LogP contribution is -2.44. The number of carbonyl (C=O) groups is 3. The van der Waals surface area contributed by atoms with E-state index >= 15 is 0 Å². The summed E-state index contributed by atoms with van der Waals surface area (Å²) in [7, 11) is 0. The molecular weight excluding hydrogens is 313 g/mol. The first-order valence-corrected chi connectivity index (χ1v) is 5.87. The minimum atomic E-state index is -0.807. The lowest BCUT2D eigenvalue weighted by Gasteiger charge is -2.21. The molecule has 0 aromatic rings. The molecule has 0 aliphatic heterocycles. The van der Waals surface area contributed by atoms with Gasteiger partial charge >= 0.3 is 6.09 Å². The molecule has 0 aliphatic carbocycles. The van der Waals surface area contributed by atoms with Gasteiger partial charge in [-0.3, -0.25) is 9.59 Å². The first kappa shape index (κ1) is 14.3. The number of amides is 1. The van der Waals surface area contributed by atoms with Crippen molar-refractivity contribution < 1.29 is 19.1 Å². The van der Waals surface area contributed by atoms with Crippen molar-refractivity contribution in [1.82, 2.24) is 5.32 Å². The van der Waals surface area contributed by atoms with Crippen LogP contribution in [0.2, 0.25) is 0 Å². The van der Waals surface area contributed by atoms with E-state index in [1.807, 2.05) is 22.6 Å². The molecule has 0 bridgehead atoms. The molecule has 5 nitrogen and oxygen atoms in total. The van der Waals surface area contributed by atoms with Crippen LogP contribution in [0.4, 0.5) is 4.79 Å². The quantitative estimate of drug-likeness (QED) is 0.363. The molecule has 0 radical (unpaired) electrons. The van der Waals surface area contributed by atoms with Crippen LogP contribution in [0.15, 0.2) is 0 Å². The molecule has 0 aromatic heterocycles. The van der Waals surface area contributed by atoms with Gasteiger partial charge in [0.2, 0.25) is 5.78 Å². The lowest BCUT2D eigenvalue weighted by molar-refractivity contribution is -0.130. The van der Waals surface area contributed by atoms with Gasteiger partial charge in [-0.15, -0.1) is 0 Å². The molecule has 0 spiro atoms. The van der Waals surface area contributed by atoms with Crippen LogP contribution in [0.1, 0.15) is 20.8 Å².